The van der Waals surface area contributed by atoms with Gasteiger partial charge >= 0.3 is 0 Å². The highest BCUT2D eigenvalue weighted by Crippen LogP contribution is 2.18. The highest BCUT2D eigenvalue weighted by molar-refractivity contribution is 7.89. The average Bonchev–Trinajstić information content (AvgIpc) is 2.33. The fourth-order valence-electron chi connectivity index (χ4n) is 1.45. The van der Waals surface area contributed by atoms with Crippen LogP contribution in [0.2, 0.25) is 0 Å². The molecule has 19 heavy (non-hydrogen) atoms. The Kier molecular flexibility index (Phi) is 5.73. The zero-order valence-electron chi connectivity index (χ0n) is 10.3. The first-order valence-electron chi connectivity index (χ1n) is 5.75. The molecule has 0 amide bonds. The number of primary sulfonamides is 1. The maximum Gasteiger partial charge on any atom is 0.209 e. The zero-order chi connectivity index (χ0) is 14.3. The number of hydrogen-bond donors (Lipinski definition) is 1. The highest BCUT2D eigenvalue weighted by Gasteiger charge is 2.05. The SMILES string of the molecule is N#Cc1ccc(OCCCCCS(N)(=O)=O)c(F)c1. The van der Waals surface area contributed by atoms with Crippen molar-refractivity contribution >= 4 is 10.0 Å². The Morgan fingerprint density at radius 2 is 2.05 bits per heavy atom. The molecule has 0 spiro atoms. The Morgan fingerprint density at radius 3 is 2.63 bits per heavy atom. The Balaban J connectivity index is 2.29. The van der Waals surface area contributed by atoms with Gasteiger partial charge in [0.1, 0.15) is 0 Å². The molecule has 0 heterocycles. The second kappa shape index (κ2) is 7.07. The van der Waals surface area contributed by atoms with E-state index >= 15 is 0 Å². The summed E-state index contributed by atoms with van der Waals surface area (Å²) in [6, 6.07) is 5.81. The first kappa shape index (κ1) is 15.4. The van der Waals surface area contributed by atoms with E-state index in [-0.39, 0.29) is 23.7 Å². The third-order valence-electron chi connectivity index (χ3n) is 2.39. The van der Waals surface area contributed by atoms with E-state index in [4.69, 9.17) is 15.1 Å². The van der Waals surface area contributed by atoms with Gasteiger partial charge in [-0.15, -0.1) is 0 Å². The fourth-order valence-corrected chi connectivity index (χ4v) is 2.06. The van der Waals surface area contributed by atoms with Crippen molar-refractivity contribution in [3.63, 3.8) is 0 Å². The lowest BCUT2D eigenvalue weighted by molar-refractivity contribution is 0.291. The van der Waals surface area contributed by atoms with Crippen LogP contribution in [0, 0.1) is 17.1 Å². The number of nitrogens with two attached hydrogens (primary N) is 1. The van der Waals surface area contributed by atoms with Crippen molar-refractivity contribution in [1.82, 2.24) is 0 Å². The molecule has 2 N–H and O–H groups in total. The van der Waals surface area contributed by atoms with Gasteiger partial charge in [-0.1, -0.05) is 0 Å². The van der Waals surface area contributed by atoms with Gasteiger partial charge in [0.05, 0.1) is 24.0 Å². The van der Waals surface area contributed by atoms with Crippen LogP contribution in [-0.2, 0) is 10.0 Å². The molecule has 0 bridgehead atoms. The monoisotopic (exact) mass is 286 g/mol. The second-order valence-electron chi connectivity index (χ2n) is 4.03. The molecular weight excluding hydrogens is 271 g/mol. The summed E-state index contributed by atoms with van der Waals surface area (Å²) in [6.45, 7) is 0.285. The second-order valence-corrected chi connectivity index (χ2v) is 5.77. The van der Waals surface area contributed by atoms with Crippen LogP contribution in [0.1, 0.15) is 24.8 Å². The van der Waals surface area contributed by atoms with Crippen molar-refractivity contribution in [2.75, 3.05) is 12.4 Å². The largest absolute Gasteiger partial charge is 0.491 e. The summed E-state index contributed by atoms with van der Waals surface area (Å²) in [5, 5.41) is 13.4. The predicted octanol–water partition coefficient (Wildman–Crippen LogP) is 1.53. The molecule has 0 aromatic heterocycles. The minimum Gasteiger partial charge on any atom is -0.491 e. The molecule has 1 rings (SSSR count). The van der Waals surface area contributed by atoms with Crippen LogP contribution < -0.4 is 9.88 Å². The van der Waals surface area contributed by atoms with Crippen LogP contribution in [0.5, 0.6) is 5.75 Å². The van der Waals surface area contributed by atoms with E-state index in [0.29, 0.717) is 19.3 Å². The minimum atomic E-state index is -3.41. The van der Waals surface area contributed by atoms with Crippen LogP contribution in [0.25, 0.3) is 0 Å². The average molecular weight is 286 g/mol. The molecule has 0 aliphatic heterocycles. The third kappa shape index (κ3) is 6.18. The third-order valence-corrected chi connectivity index (χ3v) is 3.25. The standard InChI is InChI=1S/C12H15FN2O3S/c13-11-8-10(9-14)4-5-12(11)18-6-2-1-3-7-19(15,16)17/h4-5,8H,1-3,6-7H2,(H2,15,16,17). The maximum atomic E-state index is 13.4. The summed E-state index contributed by atoms with van der Waals surface area (Å²) in [6.07, 6.45) is 1.70. The number of hydrogen-bond acceptors (Lipinski definition) is 4. The summed E-state index contributed by atoms with van der Waals surface area (Å²) in [5.41, 5.74) is 0.234. The van der Waals surface area contributed by atoms with E-state index in [1.165, 1.54) is 12.1 Å². The van der Waals surface area contributed by atoms with Gasteiger partial charge in [0.15, 0.2) is 11.6 Å². The van der Waals surface area contributed by atoms with Crippen LogP contribution in [0.15, 0.2) is 18.2 Å². The van der Waals surface area contributed by atoms with Gasteiger partial charge in [0.2, 0.25) is 10.0 Å². The van der Waals surface area contributed by atoms with E-state index in [1.54, 1.807) is 0 Å². The number of halogens is 1. The summed E-state index contributed by atoms with van der Waals surface area (Å²) in [5.74, 6) is -0.549. The smallest absolute Gasteiger partial charge is 0.209 e. The molecular formula is C12H15FN2O3S. The van der Waals surface area contributed by atoms with Gasteiger partial charge in [0.25, 0.3) is 0 Å². The molecule has 0 aliphatic carbocycles. The van der Waals surface area contributed by atoms with Crippen LogP contribution in [0.3, 0.4) is 0 Å². The Morgan fingerprint density at radius 1 is 1.32 bits per heavy atom. The van der Waals surface area contributed by atoms with Gasteiger partial charge in [-0.3, -0.25) is 0 Å². The molecule has 0 saturated carbocycles. The lowest BCUT2D eigenvalue weighted by Gasteiger charge is -2.07. The van der Waals surface area contributed by atoms with Crippen LogP contribution >= 0.6 is 0 Å². The number of rotatable bonds is 7. The Labute approximate surface area is 111 Å². The van der Waals surface area contributed by atoms with E-state index in [2.05, 4.69) is 0 Å². The molecule has 1 aromatic carbocycles. The molecule has 0 saturated heterocycles. The Hall–Kier alpha value is -1.65. The zero-order valence-corrected chi connectivity index (χ0v) is 11.1. The predicted molar refractivity (Wildman–Crippen MR) is 68.4 cm³/mol. The Bertz CT molecular complexity index is 567. The number of unbranched alkanes of at least 4 members (excludes halogenated alkanes) is 2. The molecule has 0 aliphatic rings. The van der Waals surface area contributed by atoms with Crippen molar-refractivity contribution in [1.29, 1.82) is 5.26 Å². The first-order chi connectivity index (χ1) is 8.92. The molecule has 1 aromatic rings. The number of benzene rings is 1. The van der Waals surface area contributed by atoms with Gasteiger partial charge in [-0.05, 0) is 37.5 Å². The number of sulfonamides is 1. The number of nitrogens with zero attached hydrogens (tertiary/aromatic N) is 1. The molecule has 104 valence electrons. The van der Waals surface area contributed by atoms with Crippen molar-refractivity contribution in [3.05, 3.63) is 29.6 Å². The van der Waals surface area contributed by atoms with Crippen molar-refractivity contribution < 1.29 is 17.5 Å². The maximum absolute atomic E-state index is 13.4. The van der Waals surface area contributed by atoms with E-state index in [1.807, 2.05) is 6.07 Å². The molecule has 0 unspecified atom stereocenters. The molecule has 0 atom stereocenters. The summed E-state index contributed by atoms with van der Waals surface area (Å²) >= 11 is 0. The molecule has 7 heteroatoms. The molecule has 0 radical (unpaired) electrons. The van der Waals surface area contributed by atoms with Crippen molar-refractivity contribution in [2.24, 2.45) is 5.14 Å². The minimum absolute atomic E-state index is 0.0573. The highest BCUT2D eigenvalue weighted by atomic mass is 32.2. The first-order valence-corrected chi connectivity index (χ1v) is 7.47. The fraction of sp³-hybridized carbons (Fsp3) is 0.417. The topological polar surface area (TPSA) is 93.2 Å². The van der Waals surface area contributed by atoms with E-state index in [9.17, 15) is 12.8 Å². The summed E-state index contributed by atoms with van der Waals surface area (Å²) in [7, 11) is -3.41. The van der Waals surface area contributed by atoms with E-state index < -0.39 is 15.8 Å². The van der Waals surface area contributed by atoms with Gasteiger partial charge in [-0.2, -0.15) is 5.26 Å². The van der Waals surface area contributed by atoms with Gasteiger partial charge in [-0.25, -0.2) is 17.9 Å². The lowest BCUT2D eigenvalue weighted by atomic mass is 10.2. The van der Waals surface area contributed by atoms with E-state index in [0.717, 1.165) is 6.07 Å². The van der Waals surface area contributed by atoms with Gasteiger partial charge < -0.3 is 4.74 Å². The summed E-state index contributed by atoms with van der Waals surface area (Å²) in [4.78, 5) is 0. The lowest BCUT2D eigenvalue weighted by Crippen LogP contribution is -2.16. The van der Waals surface area contributed by atoms with Crippen molar-refractivity contribution in [3.8, 4) is 11.8 Å². The molecule has 0 fully saturated rings. The normalized spacial score (nSPS) is 11.0. The summed E-state index contributed by atoms with van der Waals surface area (Å²) < 4.78 is 39.9. The number of nitriles is 1. The van der Waals surface area contributed by atoms with Crippen LogP contribution in [-0.4, -0.2) is 20.8 Å². The quantitative estimate of drug-likeness (QED) is 0.769. The van der Waals surface area contributed by atoms with Gasteiger partial charge in [0, 0.05) is 0 Å². The van der Waals surface area contributed by atoms with Crippen LogP contribution in [0.4, 0.5) is 4.39 Å². The molecule has 5 nitrogen and oxygen atoms in total. The number of ether oxygens (including phenoxy) is 1. The van der Waals surface area contributed by atoms with Crippen molar-refractivity contribution in [2.45, 2.75) is 19.3 Å².